The Morgan fingerprint density at radius 1 is 1.15 bits per heavy atom. The lowest BCUT2D eigenvalue weighted by atomic mass is 9.76. The van der Waals surface area contributed by atoms with Gasteiger partial charge in [-0.2, -0.15) is 0 Å². The smallest absolute Gasteiger partial charge is 0.392 e. The minimum Gasteiger partial charge on any atom is -0.508 e. The van der Waals surface area contributed by atoms with Crippen molar-refractivity contribution in [2.75, 3.05) is 13.2 Å². The van der Waals surface area contributed by atoms with Crippen LogP contribution in [0.4, 0.5) is 4.39 Å². The van der Waals surface area contributed by atoms with Crippen LogP contribution in [0.1, 0.15) is 36.9 Å². The number of aromatic hydroxyl groups is 1. The fraction of sp³-hybridized carbons (Fsp3) is 0.364. The summed E-state index contributed by atoms with van der Waals surface area (Å²) >= 11 is 0. The molecule has 1 saturated heterocycles. The largest absolute Gasteiger partial charge is 0.508 e. The minimum atomic E-state index is -2.51. The fourth-order valence-electron chi connectivity index (χ4n) is 4.69. The Bertz CT molecular complexity index is 1120. The number of halogens is 1. The van der Waals surface area contributed by atoms with Crippen molar-refractivity contribution < 1.29 is 38.2 Å². The van der Waals surface area contributed by atoms with Gasteiger partial charge < -0.3 is 19.3 Å². The monoisotopic (exact) mass is 460 g/mol. The molecule has 0 unspecified atom stereocenters. The van der Waals surface area contributed by atoms with Crippen LogP contribution in [-0.4, -0.2) is 46.4 Å². The van der Waals surface area contributed by atoms with Gasteiger partial charge in [-0.05, 0) is 38.1 Å². The van der Waals surface area contributed by atoms with Gasteiger partial charge >= 0.3 is 17.7 Å². The number of nitrogens with zero attached hydrogens (tertiary/aromatic N) is 1. The molecule has 2 aliphatic heterocycles. The third kappa shape index (κ3) is 3.03. The predicted octanol–water partition coefficient (Wildman–Crippen LogP) is 2.19. The molecule has 1 fully saturated rings. The molecule has 0 saturated carbocycles. The Labute approximate surface area is 187 Å². The minimum absolute atomic E-state index is 0.0690. The van der Waals surface area contributed by atoms with Crippen molar-refractivity contribution in [3.05, 3.63) is 69.5 Å². The lowest BCUT2D eigenvalue weighted by molar-refractivity contribution is -0.619. The lowest BCUT2D eigenvalue weighted by Gasteiger charge is -2.29. The predicted molar refractivity (Wildman–Crippen MR) is 109 cm³/mol. The number of benzene rings is 2. The maximum atomic E-state index is 14.2. The topological polar surface area (TPSA) is 137 Å². The van der Waals surface area contributed by atoms with Gasteiger partial charge in [-0.3, -0.25) is 15.4 Å². The molecule has 2 heterocycles. The van der Waals surface area contributed by atoms with E-state index in [0.29, 0.717) is 0 Å². The number of rotatable bonds is 6. The number of para-hydroxylation sites is 1. The number of nitro groups is 1. The van der Waals surface area contributed by atoms with Gasteiger partial charge in [-0.1, -0.05) is 18.2 Å². The van der Waals surface area contributed by atoms with E-state index < -0.39 is 51.7 Å². The van der Waals surface area contributed by atoms with E-state index in [2.05, 4.69) is 5.32 Å². The van der Waals surface area contributed by atoms with Crippen molar-refractivity contribution in [1.29, 1.82) is 0 Å². The zero-order valence-electron chi connectivity index (χ0n) is 17.7. The van der Waals surface area contributed by atoms with E-state index in [9.17, 15) is 29.2 Å². The highest BCUT2D eigenvalue weighted by Crippen LogP contribution is 2.61. The van der Waals surface area contributed by atoms with Crippen LogP contribution in [0.15, 0.2) is 42.5 Å². The van der Waals surface area contributed by atoms with E-state index in [4.69, 9.17) is 14.2 Å². The molecule has 2 aromatic rings. The summed E-state index contributed by atoms with van der Waals surface area (Å²) in [6.45, 7) is 2.78. The molecule has 0 bridgehead atoms. The molecule has 0 aromatic heterocycles. The number of esters is 2. The standard InChI is InChI=1S/C22H21FN2O8/c1-3-31-19(27)21(20(28)32-4-2)17-13-7-5-6-8-16(13)33-22(17,25(29)30)18(24-21)14-11-12(23)9-10-15(14)26/h5-11,17-18,24,26H,3-4H2,1-2H3/t17-,18+,22-/m1/s1. The van der Waals surface area contributed by atoms with Gasteiger partial charge in [0, 0.05) is 11.1 Å². The maximum Gasteiger partial charge on any atom is 0.392 e. The van der Waals surface area contributed by atoms with Crippen molar-refractivity contribution in [2.24, 2.45) is 0 Å². The summed E-state index contributed by atoms with van der Waals surface area (Å²) in [5.74, 6) is -4.99. The molecule has 11 heteroatoms. The molecule has 2 N–H and O–H groups in total. The molecule has 4 rings (SSSR count). The lowest BCUT2D eigenvalue weighted by Crippen LogP contribution is -2.60. The fourth-order valence-corrected chi connectivity index (χ4v) is 4.69. The second kappa shape index (κ2) is 8.00. The van der Waals surface area contributed by atoms with Crippen molar-refractivity contribution in [3.63, 3.8) is 0 Å². The summed E-state index contributed by atoms with van der Waals surface area (Å²) in [6, 6.07) is 7.35. The number of phenols is 1. The molecular weight excluding hydrogens is 439 g/mol. The van der Waals surface area contributed by atoms with Crippen LogP contribution in [0, 0.1) is 15.9 Å². The molecule has 3 atom stereocenters. The molecule has 2 aromatic carbocycles. The first kappa shape index (κ1) is 22.5. The van der Waals surface area contributed by atoms with Gasteiger partial charge in [0.25, 0.3) is 0 Å². The Hall–Kier alpha value is -3.73. The average molecular weight is 460 g/mol. The van der Waals surface area contributed by atoms with Crippen molar-refractivity contribution in [1.82, 2.24) is 5.32 Å². The number of ether oxygens (including phenoxy) is 3. The SMILES string of the molecule is CCOC(=O)C1(C(=O)OCC)N[C@@H](c2cc(F)ccc2O)[C@]2([N+](=O)[O-])Oc3ccccc3[C@H]12. The average Bonchev–Trinajstić information content (AvgIpc) is 3.28. The molecule has 0 aliphatic carbocycles. The summed E-state index contributed by atoms with van der Waals surface area (Å²) in [7, 11) is 0. The van der Waals surface area contributed by atoms with E-state index >= 15 is 0 Å². The number of nitrogens with one attached hydrogen (secondary N) is 1. The molecular formula is C22H21FN2O8. The second-order valence-electron chi connectivity index (χ2n) is 7.61. The highest BCUT2D eigenvalue weighted by molar-refractivity contribution is 6.07. The summed E-state index contributed by atoms with van der Waals surface area (Å²) in [5.41, 5.74) is -4.98. The van der Waals surface area contributed by atoms with Crippen LogP contribution in [0.3, 0.4) is 0 Å². The Balaban J connectivity index is 2.06. The van der Waals surface area contributed by atoms with E-state index in [0.717, 1.165) is 18.2 Å². The van der Waals surface area contributed by atoms with E-state index in [1.807, 2.05) is 0 Å². The third-order valence-corrected chi connectivity index (χ3v) is 5.92. The maximum absolute atomic E-state index is 14.2. The summed E-state index contributed by atoms with van der Waals surface area (Å²) in [4.78, 5) is 38.5. The molecule has 0 amide bonds. The van der Waals surface area contributed by atoms with Crippen molar-refractivity contribution in [2.45, 2.75) is 37.1 Å². The highest BCUT2D eigenvalue weighted by Gasteiger charge is 2.82. The highest BCUT2D eigenvalue weighted by atomic mass is 19.1. The Kier molecular flexibility index (Phi) is 5.44. The van der Waals surface area contributed by atoms with Gasteiger partial charge in [-0.15, -0.1) is 0 Å². The van der Waals surface area contributed by atoms with E-state index in [1.165, 1.54) is 26.0 Å². The third-order valence-electron chi connectivity index (χ3n) is 5.92. The van der Waals surface area contributed by atoms with E-state index in [-0.39, 0.29) is 30.1 Å². The van der Waals surface area contributed by atoms with Crippen molar-refractivity contribution >= 4 is 11.9 Å². The Morgan fingerprint density at radius 3 is 2.39 bits per heavy atom. The molecule has 0 radical (unpaired) electrons. The zero-order chi connectivity index (χ0) is 24.0. The first-order valence-corrected chi connectivity index (χ1v) is 10.3. The van der Waals surface area contributed by atoms with Crippen LogP contribution < -0.4 is 10.1 Å². The first-order chi connectivity index (χ1) is 15.7. The number of fused-ring (bicyclic) bond motifs is 3. The number of carbonyl (C=O) groups excluding carboxylic acids is 2. The van der Waals surface area contributed by atoms with Crippen LogP contribution in [-0.2, 0) is 19.1 Å². The van der Waals surface area contributed by atoms with Gasteiger partial charge in [0.15, 0.2) is 0 Å². The Morgan fingerprint density at radius 2 is 1.79 bits per heavy atom. The van der Waals surface area contributed by atoms with Crippen LogP contribution >= 0.6 is 0 Å². The normalized spacial score (nSPS) is 24.3. The number of hydrogen-bond acceptors (Lipinski definition) is 9. The zero-order valence-corrected chi connectivity index (χ0v) is 17.7. The molecule has 33 heavy (non-hydrogen) atoms. The van der Waals surface area contributed by atoms with E-state index in [1.54, 1.807) is 12.1 Å². The van der Waals surface area contributed by atoms with Gasteiger partial charge in [-0.25, -0.2) is 14.0 Å². The number of phenolic OH excluding ortho intramolecular Hbond substituents is 1. The summed E-state index contributed by atoms with van der Waals surface area (Å²) < 4.78 is 30.3. The van der Waals surface area contributed by atoms with Crippen LogP contribution in [0.25, 0.3) is 0 Å². The number of hydrogen-bond donors (Lipinski definition) is 2. The first-order valence-electron chi connectivity index (χ1n) is 10.3. The molecule has 174 valence electrons. The van der Waals surface area contributed by atoms with Gasteiger partial charge in [0.2, 0.25) is 5.54 Å². The summed E-state index contributed by atoms with van der Waals surface area (Å²) in [5, 5.41) is 25.8. The van der Waals surface area contributed by atoms with Gasteiger partial charge in [0.1, 0.15) is 29.3 Å². The van der Waals surface area contributed by atoms with Crippen LogP contribution in [0.5, 0.6) is 11.5 Å². The molecule has 2 aliphatic rings. The molecule has 0 spiro atoms. The summed E-state index contributed by atoms with van der Waals surface area (Å²) in [6.07, 6.45) is 0. The number of carbonyl (C=O) groups is 2. The second-order valence-corrected chi connectivity index (χ2v) is 7.61. The van der Waals surface area contributed by atoms with Gasteiger partial charge in [0.05, 0.1) is 18.1 Å². The van der Waals surface area contributed by atoms with Crippen molar-refractivity contribution in [3.8, 4) is 11.5 Å². The quantitative estimate of drug-likeness (QED) is 0.288. The van der Waals surface area contributed by atoms with Crippen LogP contribution in [0.2, 0.25) is 0 Å². The molecule has 10 nitrogen and oxygen atoms in total.